The molecular weight excluding hydrogens is 1770 g/mol. The van der Waals surface area contributed by atoms with E-state index >= 15 is 0 Å². The molecule has 13 heteroatoms. The molecule has 0 radical (unpaired) electrons. The van der Waals surface area contributed by atoms with Gasteiger partial charge in [0.25, 0.3) is 0 Å². The van der Waals surface area contributed by atoms with Gasteiger partial charge in [-0.2, -0.15) is 0 Å². The van der Waals surface area contributed by atoms with Crippen molar-refractivity contribution in [2.45, 2.75) is 300 Å². The molecule has 0 aromatic heterocycles. The zero-order valence-electron chi connectivity index (χ0n) is 93.2. The number of fused-ring (bicyclic) bond motifs is 7. The number of para-hydroxylation sites is 4. The Kier molecular flexibility index (Phi) is 71.6. The van der Waals surface area contributed by atoms with Crippen molar-refractivity contribution >= 4 is 21.5 Å². The van der Waals surface area contributed by atoms with E-state index in [0.717, 1.165) is 118 Å². The van der Waals surface area contributed by atoms with Crippen molar-refractivity contribution in [2.24, 2.45) is 23.7 Å². The Balaban J connectivity index is 0.000000401. The molecule has 9 aliphatic rings. The molecule has 3 aliphatic carbocycles. The van der Waals surface area contributed by atoms with Crippen LogP contribution in [-0.4, -0.2) is 123 Å². The summed E-state index contributed by atoms with van der Waals surface area (Å²) >= 11 is 0. The maximum atomic E-state index is 5.72. The lowest BCUT2D eigenvalue weighted by atomic mass is 9.82. The molecular formula is C130H188O13. The second-order valence-corrected chi connectivity index (χ2v) is 33.7. The van der Waals surface area contributed by atoms with Gasteiger partial charge in [-0.1, -0.05) is 409 Å². The topological polar surface area (TPSA) is 140 Å². The highest BCUT2D eigenvalue weighted by Gasteiger charge is 2.49. The molecule has 0 N–H and O–H groups in total. The molecule has 10 atom stereocenters. The molecule has 6 saturated heterocycles. The van der Waals surface area contributed by atoms with Crippen LogP contribution in [0.15, 0.2) is 291 Å². The zero-order valence-corrected chi connectivity index (χ0v) is 93.2. The molecule has 6 heterocycles. The van der Waals surface area contributed by atoms with E-state index in [1.54, 1.807) is 45.6 Å². The molecule has 0 spiro atoms. The van der Waals surface area contributed by atoms with Crippen molar-refractivity contribution in [1.82, 2.24) is 0 Å². The van der Waals surface area contributed by atoms with Crippen LogP contribution < -0.4 is 33.2 Å². The van der Waals surface area contributed by atoms with E-state index in [0.29, 0.717) is 76.3 Å². The summed E-state index contributed by atoms with van der Waals surface area (Å²) in [6.07, 6.45) is 20.6. The van der Waals surface area contributed by atoms with Gasteiger partial charge in [0.1, 0.15) is 117 Å². The predicted molar refractivity (Wildman–Crippen MR) is 610 cm³/mol. The maximum Gasteiger partial charge on any atom is 0.127 e. The number of aryl methyl sites for hydroxylation is 7. The van der Waals surface area contributed by atoms with Crippen molar-refractivity contribution in [1.29, 1.82) is 0 Å². The minimum Gasteiger partial charge on any atom is -0.496 e. The van der Waals surface area contributed by atoms with Crippen molar-refractivity contribution in [2.75, 3.05) is 86.4 Å². The largest absolute Gasteiger partial charge is 0.496 e. The number of epoxide rings is 6. The summed E-state index contributed by atoms with van der Waals surface area (Å²) in [5, 5.41) is 5.08. The fourth-order valence-electron chi connectivity index (χ4n) is 15.4. The SMILES string of the molecule is C1CC2C3CCC(C3)C2C1.CC.CC.CC.CC.CC.CC.CC.CCC.CCC.CCc1cc(OC)c(CC)c2ccccc12.CCc1ccc(-c2ccc(CC)cc2)cc1.CCc1ccc(CC)cc1.Cc1ccc(OCC2CO2)cc1.c1ccc(OCC2CO2)cc1.c1ccc(OCC2CO2)cc1.c1ccc(OCC2CO2)cc1.c1ccc(OCC2CO2)cc1.c1ccc2c(OCC3CO3)cccc2c1. The fourth-order valence-corrected chi connectivity index (χ4v) is 15.4. The lowest BCUT2D eigenvalue weighted by Gasteiger charge is -2.23. The van der Waals surface area contributed by atoms with Crippen LogP contribution >= 0.6 is 0 Å². The van der Waals surface area contributed by atoms with Gasteiger partial charge in [0.2, 0.25) is 0 Å². The molecule has 6 aliphatic heterocycles. The van der Waals surface area contributed by atoms with Gasteiger partial charge in [0.05, 0.1) is 46.8 Å². The van der Waals surface area contributed by atoms with Crippen molar-refractivity contribution in [3.8, 4) is 51.4 Å². The van der Waals surface area contributed by atoms with Gasteiger partial charge in [-0.25, -0.2) is 0 Å². The standard InChI is InChI=1S/C16H18.C15H18O.C13H12O2.C10H12O2.C10H16.C10H14.4C9H10O2.2C3H8.7C2H6/c1-3-13-5-9-15(10-6-13)16-11-7-14(4-2)8-12-16;1-4-11-10-15(16-3)12(5-2)14-9-7-6-8-13(11)14;1-2-6-12-10(4-1)5-3-7-13(12)15-9-11-8-14-11;1-8-2-4-9(5-3-8)11-6-10-7-12-10;1-2-9-7-4-5-8(6-7)10(9)3-1;1-3-9-5-7-10(4-2)8-6-9;4*1-2-4-8(5-3-1)10-6-9-7-11-9;2*1-3-2;7*1-2/h5-12H,3-4H2,1-2H3;6-10H,4-5H2,1-3H3;1-7,11H,8-9H2;2-5,10H,6-7H2,1H3;7-10H,1-6H2;5-8H,3-4H2,1-2H3;4*1-5,9H,6-7H2;2*3H2,1-2H3;7*1-2H3. The number of ether oxygens (including phenoxy) is 13. The second-order valence-electron chi connectivity index (χ2n) is 33.7. The molecule has 13 nitrogen and oxygen atoms in total. The van der Waals surface area contributed by atoms with Gasteiger partial charge >= 0.3 is 0 Å². The molecule has 2 bridgehead atoms. The Bertz CT molecular complexity index is 4640. The highest BCUT2D eigenvalue weighted by atomic mass is 16.6. The molecule has 143 heavy (non-hydrogen) atoms. The lowest BCUT2D eigenvalue weighted by Crippen LogP contribution is -2.15. The summed E-state index contributed by atoms with van der Waals surface area (Å²) in [7, 11) is 1.75. The van der Waals surface area contributed by atoms with Crippen molar-refractivity contribution < 1.29 is 61.6 Å². The van der Waals surface area contributed by atoms with Gasteiger partial charge in [-0.3, -0.25) is 0 Å². The van der Waals surface area contributed by atoms with Gasteiger partial charge in [-0.15, -0.1) is 0 Å². The first-order valence-corrected chi connectivity index (χ1v) is 54.9. The van der Waals surface area contributed by atoms with Crippen LogP contribution in [0.3, 0.4) is 0 Å². The van der Waals surface area contributed by atoms with Crippen LogP contribution in [0.2, 0.25) is 0 Å². The Morgan fingerprint density at radius 2 is 0.531 bits per heavy atom. The van der Waals surface area contributed by atoms with E-state index in [9.17, 15) is 0 Å². The first kappa shape index (κ1) is 127. The summed E-state index contributed by atoms with van der Waals surface area (Å²) in [5.41, 5.74) is 12.2. The van der Waals surface area contributed by atoms with Crippen molar-refractivity contribution in [3.63, 3.8) is 0 Å². The zero-order chi connectivity index (χ0) is 105. The molecule has 10 unspecified atom stereocenters. The minimum atomic E-state index is 0.309. The number of hydrogen-bond donors (Lipinski definition) is 0. The molecule has 9 fully saturated rings. The third-order valence-electron chi connectivity index (χ3n) is 23.2. The number of hydrogen-bond acceptors (Lipinski definition) is 13. The Morgan fingerprint density at radius 1 is 0.259 bits per heavy atom. The van der Waals surface area contributed by atoms with E-state index in [1.807, 2.05) is 267 Å². The highest BCUT2D eigenvalue weighted by Crippen LogP contribution is 2.58. The summed E-state index contributed by atoms with van der Waals surface area (Å²) in [4.78, 5) is 0. The van der Waals surface area contributed by atoms with E-state index < -0.39 is 0 Å². The second kappa shape index (κ2) is 80.8. The Labute approximate surface area is 868 Å². The molecule has 0 amide bonds. The quantitative estimate of drug-likeness (QED) is 0.0476. The van der Waals surface area contributed by atoms with Crippen LogP contribution in [-0.2, 0) is 66.9 Å². The summed E-state index contributed by atoms with van der Waals surface area (Å²) < 4.78 is 68.5. The molecule has 3 saturated carbocycles. The van der Waals surface area contributed by atoms with Gasteiger partial charge < -0.3 is 61.6 Å². The van der Waals surface area contributed by atoms with E-state index in [-0.39, 0.29) is 0 Å². The first-order chi connectivity index (χ1) is 70.4. The Morgan fingerprint density at radius 3 is 0.825 bits per heavy atom. The summed E-state index contributed by atoms with van der Waals surface area (Å²) in [6.45, 7) is 60.9. The van der Waals surface area contributed by atoms with Gasteiger partial charge in [-0.05, 0) is 229 Å². The normalized spacial score (nSPS) is 17.9. The minimum absolute atomic E-state index is 0.309. The summed E-state index contributed by atoms with van der Waals surface area (Å²) in [5.74, 6) is 11.4. The Hall–Kier alpha value is -10.5. The van der Waals surface area contributed by atoms with Crippen LogP contribution in [0.4, 0.5) is 0 Å². The average Bonchev–Trinajstić information content (AvgIpc) is 1.56. The molecule has 21 rings (SSSR count). The van der Waals surface area contributed by atoms with Crippen LogP contribution in [0, 0.1) is 30.6 Å². The molecule has 12 aromatic carbocycles. The third-order valence-corrected chi connectivity index (χ3v) is 23.2. The average molecular weight is 1960 g/mol. The smallest absolute Gasteiger partial charge is 0.127 e. The first-order valence-electron chi connectivity index (χ1n) is 54.9. The van der Waals surface area contributed by atoms with Gasteiger partial charge in [0.15, 0.2) is 0 Å². The fraction of sp³-hybridized carbons (Fsp3) is 0.477. The lowest BCUT2D eigenvalue weighted by molar-refractivity contribution is 0.259. The van der Waals surface area contributed by atoms with Crippen LogP contribution in [0.25, 0.3) is 32.7 Å². The maximum absolute atomic E-state index is 5.72. The molecule has 12 aromatic rings. The van der Waals surface area contributed by atoms with Crippen LogP contribution in [0.1, 0.15) is 256 Å². The summed E-state index contributed by atoms with van der Waals surface area (Å²) in [6, 6.07) is 98.9. The van der Waals surface area contributed by atoms with Gasteiger partial charge in [0, 0.05) is 10.9 Å². The number of methoxy groups -OCH3 is 1. The van der Waals surface area contributed by atoms with E-state index in [2.05, 4.69) is 197 Å². The number of rotatable bonds is 26. The monoisotopic (exact) mass is 1960 g/mol. The van der Waals surface area contributed by atoms with Crippen molar-refractivity contribution in [3.05, 3.63) is 330 Å². The van der Waals surface area contributed by atoms with Crippen LogP contribution in [0.5, 0.6) is 40.2 Å². The highest BCUT2D eigenvalue weighted by molar-refractivity contribution is 5.91. The third kappa shape index (κ3) is 53.8. The number of benzene rings is 12. The van der Waals surface area contributed by atoms with E-state index in [4.69, 9.17) is 61.6 Å². The predicted octanol–water partition coefficient (Wildman–Crippen LogP) is 34.4. The van der Waals surface area contributed by atoms with E-state index in [1.165, 1.54) is 108 Å². The molecule has 786 valence electrons.